The Bertz CT molecular complexity index is 192. The number of nitrogens with one attached hydrogen (secondary N) is 1. The second-order valence-corrected chi connectivity index (χ2v) is 6.22. The lowest BCUT2D eigenvalue weighted by Gasteiger charge is -2.37. The molecule has 1 saturated heterocycles. The van der Waals surface area contributed by atoms with Gasteiger partial charge in [0.2, 0.25) is 0 Å². The minimum atomic E-state index is 0.696. The van der Waals surface area contributed by atoms with Crippen LogP contribution in [0.5, 0.6) is 0 Å². The highest BCUT2D eigenvalue weighted by Crippen LogP contribution is 2.42. The van der Waals surface area contributed by atoms with Crippen LogP contribution in [-0.4, -0.2) is 13.1 Å². The van der Waals surface area contributed by atoms with Gasteiger partial charge in [-0.2, -0.15) is 0 Å². The summed E-state index contributed by atoms with van der Waals surface area (Å²) in [5.41, 5.74) is 0.696. The van der Waals surface area contributed by atoms with Gasteiger partial charge in [0.15, 0.2) is 0 Å². The molecule has 2 rings (SSSR count). The average Bonchev–Trinajstić information content (AvgIpc) is 2.43. The van der Waals surface area contributed by atoms with Crippen molar-refractivity contribution in [1.29, 1.82) is 0 Å². The Morgan fingerprint density at radius 1 is 1.07 bits per heavy atom. The maximum atomic E-state index is 3.62. The van der Waals surface area contributed by atoms with Crippen molar-refractivity contribution in [3.63, 3.8) is 0 Å². The van der Waals surface area contributed by atoms with Crippen molar-refractivity contribution in [1.82, 2.24) is 5.32 Å². The van der Waals surface area contributed by atoms with Gasteiger partial charge in [-0.15, -0.1) is 0 Å². The second-order valence-electron chi connectivity index (χ2n) is 6.22. The lowest BCUT2D eigenvalue weighted by atomic mass is 9.74. The molecule has 15 heavy (non-hydrogen) atoms. The third-order valence-corrected chi connectivity index (χ3v) is 4.83. The second kappa shape index (κ2) is 4.86. The molecule has 2 unspecified atom stereocenters. The summed E-state index contributed by atoms with van der Waals surface area (Å²) in [5, 5.41) is 3.62. The fraction of sp³-hybridized carbons (Fsp3) is 1.00. The van der Waals surface area contributed by atoms with Crippen LogP contribution in [0.25, 0.3) is 0 Å². The predicted molar refractivity (Wildman–Crippen MR) is 65.9 cm³/mol. The Kier molecular flexibility index (Phi) is 3.71. The third-order valence-electron chi connectivity index (χ3n) is 4.83. The maximum Gasteiger partial charge on any atom is 0.000781 e. The van der Waals surface area contributed by atoms with E-state index in [-0.39, 0.29) is 0 Å². The molecule has 0 radical (unpaired) electrons. The highest BCUT2D eigenvalue weighted by molar-refractivity contribution is 4.88. The quantitative estimate of drug-likeness (QED) is 0.696. The van der Waals surface area contributed by atoms with Crippen molar-refractivity contribution in [3.8, 4) is 0 Å². The van der Waals surface area contributed by atoms with Crippen LogP contribution in [0.4, 0.5) is 0 Å². The van der Waals surface area contributed by atoms with E-state index < -0.39 is 0 Å². The number of rotatable bonds is 1. The molecule has 1 aliphatic heterocycles. The summed E-state index contributed by atoms with van der Waals surface area (Å²) in [6, 6.07) is 0. The molecule has 1 saturated carbocycles. The summed E-state index contributed by atoms with van der Waals surface area (Å²) in [6.45, 7) is 7.37. The van der Waals surface area contributed by atoms with E-state index in [4.69, 9.17) is 0 Å². The van der Waals surface area contributed by atoms with E-state index in [1.54, 1.807) is 0 Å². The molecule has 1 nitrogen and oxygen atoms in total. The monoisotopic (exact) mass is 209 g/mol. The van der Waals surface area contributed by atoms with Gasteiger partial charge in [-0.1, -0.05) is 26.7 Å². The number of piperidine rings is 1. The first-order valence-corrected chi connectivity index (χ1v) is 6.93. The van der Waals surface area contributed by atoms with Crippen LogP contribution in [0, 0.1) is 17.3 Å². The molecule has 0 aromatic rings. The standard InChI is InChI=1S/C14H27N/c1-12(2)13-5-3-7-14(9-6-13)8-4-10-15-11-14/h12-13,15H,3-11H2,1-2H3. The Morgan fingerprint density at radius 2 is 1.87 bits per heavy atom. The van der Waals surface area contributed by atoms with E-state index in [0.717, 1.165) is 11.8 Å². The zero-order valence-corrected chi connectivity index (χ0v) is 10.5. The zero-order chi connectivity index (χ0) is 10.7. The van der Waals surface area contributed by atoms with Gasteiger partial charge in [-0.25, -0.2) is 0 Å². The first kappa shape index (κ1) is 11.4. The molecular formula is C14H27N. The molecule has 0 amide bonds. The van der Waals surface area contributed by atoms with Crippen molar-refractivity contribution in [3.05, 3.63) is 0 Å². The molecule has 1 heteroatoms. The summed E-state index contributed by atoms with van der Waals surface area (Å²) < 4.78 is 0. The predicted octanol–water partition coefficient (Wildman–Crippen LogP) is 3.59. The summed E-state index contributed by atoms with van der Waals surface area (Å²) >= 11 is 0. The van der Waals surface area contributed by atoms with Crippen molar-refractivity contribution < 1.29 is 0 Å². The van der Waals surface area contributed by atoms with Crippen LogP contribution in [0.2, 0.25) is 0 Å². The average molecular weight is 209 g/mol. The van der Waals surface area contributed by atoms with Gasteiger partial charge in [-0.3, -0.25) is 0 Å². The van der Waals surface area contributed by atoms with Gasteiger partial charge in [-0.05, 0) is 55.9 Å². The van der Waals surface area contributed by atoms with E-state index in [1.807, 2.05) is 0 Å². The molecule has 2 fully saturated rings. The van der Waals surface area contributed by atoms with E-state index in [1.165, 1.54) is 58.0 Å². The molecule has 1 spiro atoms. The highest BCUT2D eigenvalue weighted by Gasteiger charge is 2.34. The smallest absolute Gasteiger partial charge is 0.000781 e. The van der Waals surface area contributed by atoms with Gasteiger partial charge in [0.1, 0.15) is 0 Å². The minimum Gasteiger partial charge on any atom is -0.316 e. The van der Waals surface area contributed by atoms with Gasteiger partial charge in [0.05, 0.1) is 0 Å². The van der Waals surface area contributed by atoms with Gasteiger partial charge in [0.25, 0.3) is 0 Å². The third kappa shape index (κ3) is 2.75. The van der Waals surface area contributed by atoms with Gasteiger partial charge >= 0.3 is 0 Å². The zero-order valence-electron chi connectivity index (χ0n) is 10.5. The summed E-state index contributed by atoms with van der Waals surface area (Å²) in [6.07, 6.45) is 10.3. The summed E-state index contributed by atoms with van der Waals surface area (Å²) in [4.78, 5) is 0. The SMILES string of the molecule is CC(C)C1CCCC2(CCCNC2)CC1. The van der Waals surface area contributed by atoms with Crippen molar-refractivity contribution in [2.45, 2.75) is 58.8 Å². The van der Waals surface area contributed by atoms with Gasteiger partial charge < -0.3 is 5.32 Å². The van der Waals surface area contributed by atoms with Crippen LogP contribution in [0.1, 0.15) is 58.8 Å². The Balaban J connectivity index is 1.93. The lowest BCUT2D eigenvalue weighted by Crippen LogP contribution is -2.39. The fourth-order valence-electron chi connectivity index (χ4n) is 3.62. The molecule has 0 aromatic heterocycles. The Labute approximate surface area is 95.0 Å². The van der Waals surface area contributed by atoms with Crippen molar-refractivity contribution in [2.75, 3.05) is 13.1 Å². The van der Waals surface area contributed by atoms with Crippen molar-refractivity contribution >= 4 is 0 Å². The van der Waals surface area contributed by atoms with E-state index in [2.05, 4.69) is 19.2 Å². The molecule has 1 heterocycles. The maximum absolute atomic E-state index is 3.62. The summed E-state index contributed by atoms with van der Waals surface area (Å²) in [7, 11) is 0. The van der Waals surface area contributed by atoms with E-state index >= 15 is 0 Å². The van der Waals surface area contributed by atoms with Crippen molar-refractivity contribution in [2.24, 2.45) is 17.3 Å². The van der Waals surface area contributed by atoms with Crippen LogP contribution in [0.3, 0.4) is 0 Å². The first-order chi connectivity index (χ1) is 7.22. The first-order valence-electron chi connectivity index (χ1n) is 6.93. The molecule has 1 N–H and O–H groups in total. The van der Waals surface area contributed by atoms with Crippen LogP contribution < -0.4 is 5.32 Å². The molecular weight excluding hydrogens is 182 g/mol. The summed E-state index contributed by atoms with van der Waals surface area (Å²) in [5.74, 6) is 1.91. The van der Waals surface area contributed by atoms with Crippen LogP contribution >= 0.6 is 0 Å². The molecule has 0 bridgehead atoms. The Hall–Kier alpha value is -0.0400. The van der Waals surface area contributed by atoms with Gasteiger partial charge in [0, 0.05) is 6.54 Å². The fourth-order valence-corrected chi connectivity index (χ4v) is 3.62. The molecule has 88 valence electrons. The molecule has 0 aromatic carbocycles. The number of hydrogen-bond acceptors (Lipinski definition) is 1. The van der Waals surface area contributed by atoms with Crippen LogP contribution in [0.15, 0.2) is 0 Å². The van der Waals surface area contributed by atoms with Crippen LogP contribution in [-0.2, 0) is 0 Å². The normalized spacial score (nSPS) is 38.2. The largest absolute Gasteiger partial charge is 0.316 e. The molecule has 1 aliphatic carbocycles. The highest BCUT2D eigenvalue weighted by atomic mass is 14.9. The minimum absolute atomic E-state index is 0.696. The Morgan fingerprint density at radius 3 is 2.53 bits per heavy atom. The van der Waals surface area contributed by atoms with E-state index in [0.29, 0.717) is 5.41 Å². The molecule has 2 aliphatic rings. The topological polar surface area (TPSA) is 12.0 Å². The molecule has 2 atom stereocenters. The number of hydrogen-bond donors (Lipinski definition) is 1. The van der Waals surface area contributed by atoms with E-state index in [9.17, 15) is 0 Å². The lowest BCUT2D eigenvalue weighted by molar-refractivity contribution is 0.174.